The summed E-state index contributed by atoms with van der Waals surface area (Å²) in [5.74, 6) is -0.00477. The molecule has 0 saturated heterocycles. The minimum atomic E-state index is -0.658. The zero-order valence-corrected chi connectivity index (χ0v) is 8.61. The number of amides is 1. The summed E-state index contributed by atoms with van der Waals surface area (Å²) in [5, 5.41) is 9.05. The Morgan fingerprint density at radius 3 is 2.47 bits per heavy atom. The van der Waals surface area contributed by atoms with Gasteiger partial charge in [0.2, 0.25) is 0 Å². The molecular weight excluding hydrogens is 198 g/mol. The minimum Gasteiger partial charge on any atom is -0.493 e. The van der Waals surface area contributed by atoms with Crippen LogP contribution >= 0.6 is 0 Å². The third-order valence-electron chi connectivity index (χ3n) is 2.05. The van der Waals surface area contributed by atoms with Gasteiger partial charge in [-0.3, -0.25) is 4.79 Å². The van der Waals surface area contributed by atoms with E-state index in [4.69, 9.17) is 20.3 Å². The van der Waals surface area contributed by atoms with Gasteiger partial charge in [-0.15, -0.1) is 0 Å². The quantitative estimate of drug-likeness (QED) is 0.750. The highest BCUT2D eigenvalue weighted by molar-refractivity contribution is 5.98. The average Bonchev–Trinajstić information content (AvgIpc) is 2.26. The Morgan fingerprint density at radius 2 is 2.07 bits per heavy atom. The first kappa shape index (κ1) is 11.3. The van der Waals surface area contributed by atoms with Crippen molar-refractivity contribution in [2.75, 3.05) is 14.2 Å². The first-order chi connectivity index (χ1) is 7.15. The number of hydrogen-bond donors (Lipinski definition) is 2. The third kappa shape index (κ3) is 2.02. The number of nitrogens with two attached hydrogens (primary N) is 1. The van der Waals surface area contributed by atoms with Gasteiger partial charge in [0.1, 0.15) is 0 Å². The van der Waals surface area contributed by atoms with Crippen LogP contribution in [-0.4, -0.2) is 25.2 Å². The van der Waals surface area contributed by atoms with Gasteiger partial charge >= 0.3 is 0 Å². The lowest BCUT2D eigenvalue weighted by molar-refractivity contribution is 0.0993. The van der Waals surface area contributed by atoms with Gasteiger partial charge in [0.25, 0.3) is 5.91 Å². The van der Waals surface area contributed by atoms with E-state index in [0.717, 1.165) is 0 Å². The van der Waals surface area contributed by atoms with Crippen LogP contribution in [0.1, 0.15) is 15.9 Å². The van der Waals surface area contributed by atoms with E-state index in [1.54, 1.807) is 12.1 Å². The predicted molar refractivity (Wildman–Crippen MR) is 54.0 cm³/mol. The third-order valence-corrected chi connectivity index (χ3v) is 2.05. The fraction of sp³-hybridized carbons (Fsp3) is 0.300. The molecule has 0 aromatic heterocycles. The van der Waals surface area contributed by atoms with Gasteiger partial charge in [0.15, 0.2) is 11.5 Å². The molecule has 0 aliphatic carbocycles. The number of hydrogen-bond acceptors (Lipinski definition) is 4. The van der Waals surface area contributed by atoms with Crippen molar-refractivity contribution in [3.05, 3.63) is 23.3 Å². The molecule has 1 aromatic rings. The summed E-state index contributed by atoms with van der Waals surface area (Å²) >= 11 is 0. The summed E-state index contributed by atoms with van der Waals surface area (Å²) in [5.41, 5.74) is 5.77. The number of aliphatic hydroxyl groups excluding tert-OH is 1. The first-order valence-electron chi connectivity index (χ1n) is 4.30. The molecule has 0 aliphatic heterocycles. The van der Waals surface area contributed by atoms with E-state index < -0.39 is 5.91 Å². The van der Waals surface area contributed by atoms with E-state index in [2.05, 4.69) is 0 Å². The van der Waals surface area contributed by atoms with Gasteiger partial charge in [0.05, 0.1) is 26.4 Å². The van der Waals surface area contributed by atoms with Crippen molar-refractivity contribution in [2.24, 2.45) is 5.73 Å². The molecule has 0 unspecified atom stereocenters. The SMILES string of the molecule is COc1ccc(CO)c(C(N)=O)c1OC. The highest BCUT2D eigenvalue weighted by Crippen LogP contribution is 2.33. The van der Waals surface area contributed by atoms with Crippen LogP contribution in [0, 0.1) is 0 Å². The van der Waals surface area contributed by atoms with Gasteiger partial charge in [-0.05, 0) is 11.6 Å². The number of ether oxygens (including phenoxy) is 2. The van der Waals surface area contributed by atoms with Crippen LogP contribution < -0.4 is 15.2 Å². The maximum absolute atomic E-state index is 11.2. The molecule has 0 radical (unpaired) electrons. The molecule has 82 valence electrons. The molecule has 0 fully saturated rings. The van der Waals surface area contributed by atoms with Crippen molar-refractivity contribution in [1.82, 2.24) is 0 Å². The predicted octanol–water partition coefficient (Wildman–Crippen LogP) is 0.295. The standard InChI is InChI=1S/C10H13NO4/c1-14-7-4-3-6(5-12)8(10(11)13)9(7)15-2/h3-4,12H,5H2,1-2H3,(H2,11,13). The van der Waals surface area contributed by atoms with Crippen LogP contribution in [0.15, 0.2) is 12.1 Å². The number of primary amides is 1. The zero-order valence-electron chi connectivity index (χ0n) is 8.61. The Hall–Kier alpha value is -1.75. The van der Waals surface area contributed by atoms with E-state index >= 15 is 0 Å². The second-order valence-corrected chi connectivity index (χ2v) is 2.86. The van der Waals surface area contributed by atoms with Gasteiger partial charge in [-0.25, -0.2) is 0 Å². The lowest BCUT2D eigenvalue weighted by Crippen LogP contribution is -2.16. The summed E-state index contributed by atoms with van der Waals surface area (Å²) in [7, 11) is 2.87. The maximum Gasteiger partial charge on any atom is 0.252 e. The van der Waals surface area contributed by atoms with Gasteiger partial charge in [0, 0.05) is 0 Å². The van der Waals surface area contributed by atoms with Crippen molar-refractivity contribution >= 4 is 5.91 Å². The monoisotopic (exact) mass is 211 g/mol. The Balaban J connectivity index is 3.44. The molecule has 15 heavy (non-hydrogen) atoms. The largest absolute Gasteiger partial charge is 0.493 e. The molecule has 0 saturated carbocycles. The Kier molecular flexibility index (Phi) is 3.51. The summed E-state index contributed by atoms with van der Waals surface area (Å²) in [4.78, 5) is 11.2. The number of methoxy groups -OCH3 is 2. The lowest BCUT2D eigenvalue weighted by Gasteiger charge is -2.13. The van der Waals surface area contributed by atoms with E-state index in [0.29, 0.717) is 11.3 Å². The van der Waals surface area contributed by atoms with E-state index in [1.165, 1.54) is 14.2 Å². The normalized spacial score (nSPS) is 9.80. The molecule has 0 heterocycles. The molecule has 5 nitrogen and oxygen atoms in total. The minimum absolute atomic E-state index is 0.152. The Morgan fingerprint density at radius 1 is 1.40 bits per heavy atom. The van der Waals surface area contributed by atoms with E-state index in [9.17, 15) is 4.79 Å². The summed E-state index contributed by atoms with van der Waals surface area (Å²) in [6.07, 6.45) is 0. The van der Waals surface area contributed by atoms with E-state index in [-0.39, 0.29) is 17.9 Å². The molecule has 1 rings (SSSR count). The second-order valence-electron chi connectivity index (χ2n) is 2.86. The molecule has 3 N–H and O–H groups in total. The second kappa shape index (κ2) is 4.65. The molecule has 0 aliphatic rings. The van der Waals surface area contributed by atoms with Crippen LogP contribution in [-0.2, 0) is 6.61 Å². The number of carbonyl (C=O) groups is 1. The molecule has 1 aromatic carbocycles. The highest BCUT2D eigenvalue weighted by atomic mass is 16.5. The summed E-state index contributed by atoms with van der Waals surface area (Å²) in [6, 6.07) is 3.18. The van der Waals surface area contributed by atoms with Gasteiger partial charge in [-0.1, -0.05) is 6.07 Å². The Labute approximate surface area is 87.4 Å². The van der Waals surface area contributed by atoms with Crippen LogP contribution in [0.4, 0.5) is 0 Å². The fourth-order valence-corrected chi connectivity index (χ4v) is 1.37. The molecule has 1 amide bonds. The number of aliphatic hydroxyl groups is 1. The zero-order chi connectivity index (χ0) is 11.4. The topological polar surface area (TPSA) is 81.8 Å². The van der Waals surface area contributed by atoms with Crippen LogP contribution in [0.25, 0.3) is 0 Å². The molecule has 0 bridgehead atoms. The first-order valence-corrected chi connectivity index (χ1v) is 4.30. The molecular formula is C10H13NO4. The molecule has 0 atom stereocenters. The number of benzene rings is 1. The average molecular weight is 211 g/mol. The van der Waals surface area contributed by atoms with Crippen LogP contribution in [0.5, 0.6) is 11.5 Å². The molecule has 0 spiro atoms. The van der Waals surface area contributed by atoms with Gasteiger partial charge in [-0.2, -0.15) is 0 Å². The van der Waals surface area contributed by atoms with E-state index in [1.807, 2.05) is 0 Å². The highest BCUT2D eigenvalue weighted by Gasteiger charge is 2.18. The van der Waals surface area contributed by atoms with Crippen molar-refractivity contribution < 1.29 is 19.4 Å². The Bertz CT molecular complexity index is 376. The van der Waals surface area contributed by atoms with Crippen LogP contribution in [0.2, 0.25) is 0 Å². The number of rotatable bonds is 4. The van der Waals surface area contributed by atoms with Crippen molar-refractivity contribution in [2.45, 2.75) is 6.61 Å². The van der Waals surface area contributed by atoms with Crippen molar-refractivity contribution in [1.29, 1.82) is 0 Å². The van der Waals surface area contributed by atoms with Crippen LogP contribution in [0.3, 0.4) is 0 Å². The lowest BCUT2D eigenvalue weighted by atomic mass is 10.1. The maximum atomic E-state index is 11.2. The summed E-state index contributed by atoms with van der Waals surface area (Å²) < 4.78 is 10.0. The summed E-state index contributed by atoms with van der Waals surface area (Å²) in [6.45, 7) is -0.279. The molecule has 5 heteroatoms. The van der Waals surface area contributed by atoms with Crippen molar-refractivity contribution in [3.8, 4) is 11.5 Å². The fourth-order valence-electron chi connectivity index (χ4n) is 1.37. The number of carbonyl (C=O) groups excluding carboxylic acids is 1. The smallest absolute Gasteiger partial charge is 0.252 e. The van der Waals surface area contributed by atoms with Gasteiger partial charge < -0.3 is 20.3 Å². The van der Waals surface area contributed by atoms with Crippen molar-refractivity contribution in [3.63, 3.8) is 0 Å².